The van der Waals surface area contributed by atoms with E-state index >= 15 is 0 Å². The highest BCUT2D eigenvalue weighted by atomic mass is 16.5. The first kappa shape index (κ1) is 20.5. The molecule has 25 heavy (non-hydrogen) atoms. The Balaban J connectivity index is 2.69. The number of carbonyl (C=O) groups excluding carboxylic acids is 2. The Bertz CT molecular complexity index is 591. The molecule has 0 heterocycles. The summed E-state index contributed by atoms with van der Waals surface area (Å²) in [4.78, 5) is 24.5. The fourth-order valence-corrected chi connectivity index (χ4v) is 2.23. The molecule has 6 heteroatoms. The lowest BCUT2D eigenvalue weighted by Gasteiger charge is -2.19. The number of nitriles is 1. The third-order valence-electron chi connectivity index (χ3n) is 3.55. The Morgan fingerprint density at radius 3 is 2.48 bits per heavy atom. The molecule has 0 radical (unpaired) electrons. The molecular weight excluding hydrogens is 318 g/mol. The highest BCUT2D eigenvalue weighted by molar-refractivity contribution is 5.97. The van der Waals surface area contributed by atoms with E-state index in [1.807, 2.05) is 19.9 Å². The van der Waals surface area contributed by atoms with Crippen molar-refractivity contribution in [2.45, 2.75) is 46.1 Å². The van der Waals surface area contributed by atoms with Crippen molar-refractivity contribution in [1.82, 2.24) is 10.6 Å². The maximum Gasteiger partial charge on any atom is 0.251 e. The molecule has 1 atom stereocenters. The molecule has 2 N–H and O–H groups in total. The fourth-order valence-electron chi connectivity index (χ4n) is 2.23. The highest BCUT2D eigenvalue weighted by Crippen LogP contribution is 2.13. The number of nitrogens with one attached hydrogen (secondary N) is 2. The van der Waals surface area contributed by atoms with E-state index in [2.05, 4.69) is 17.6 Å². The number of nitrogens with zero attached hydrogens (tertiary/aromatic N) is 1. The quantitative estimate of drug-likeness (QED) is 0.504. The van der Waals surface area contributed by atoms with Gasteiger partial charge in [-0.15, -0.1) is 0 Å². The molecule has 1 rings (SSSR count). The van der Waals surface area contributed by atoms with Crippen molar-refractivity contribution >= 4 is 11.8 Å². The second-order valence-electron chi connectivity index (χ2n) is 6.26. The molecule has 0 fully saturated rings. The smallest absolute Gasteiger partial charge is 0.251 e. The van der Waals surface area contributed by atoms with Crippen LogP contribution in [0.25, 0.3) is 0 Å². The standard InChI is InChI=1S/C19H27N3O3/c1-4-5-12-25-16-8-6-15(7-9-16)18(23)22-17(13-14(2)3)19(24)21-11-10-20/h6-9,14,17H,4-5,11-13H2,1-3H3,(H,21,24)(H,22,23). The lowest BCUT2D eigenvalue weighted by Crippen LogP contribution is -2.47. The first-order valence-electron chi connectivity index (χ1n) is 8.66. The first-order valence-corrected chi connectivity index (χ1v) is 8.66. The van der Waals surface area contributed by atoms with Crippen molar-refractivity contribution in [2.24, 2.45) is 5.92 Å². The van der Waals surface area contributed by atoms with Crippen LogP contribution in [0.1, 0.15) is 50.4 Å². The van der Waals surface area contributed by atoms with Crippen LogP contribution in [0.15, 0.2) is 24.3 Å². The van der Waals surface area contributed by atoms with Gasteiger partial charge in [-0.05, 0) is 43.0 Å². The summed E-state index contributed by atoms with van der Waals surface area (Å²) < 4.78 is 5.57. The van der Waals surface area contributed by atoms with E-state index in [4.69, 9.17) is 10.00 Å². The predicted octanol–water partition coefficient (Wildman–Crippen LogP) is 2.65. The van der Waals surface area contributed by atoms with Crippen LogP contribution in [-0.2, 0) is 4.79 Å². The molecule has 136 valence electrons. The Hall–Kier alpha value is -2.55. The molecule has 0 saturated heterocycles. The van der Waals surface area contributed by atoms with Crippen LogP contribution in [0, 0.1) is 17.2 Å². The molecule has 6 nitrogen and oxygen atoms in total. The van der Waals surface area contributed by atoms with Crippen molar-refractivity contribution in [3.8, 4) is 11.8 Å². The maximum absolute atomic E-state index is 12.4. The monoisotopic (exact) mass is 345 g/mol. The fraction of sp³-hybridized carbons (Fsp3) is 0.526. The van der Waals surface area contributed by atoms with E-state index in [1.165, 1.54) is 0 Å². The van der Waals surface area contributed by atoms with Crippen molar-refractivity contribution in [1.29, 1.82) is 5.26 Å². The van der Waals surface area contributed by atoms with E-state index in [0.717, 1.165) is 18.6 Å². The van der Waals surface area contributed by atoms with E-state index in [0.29, 0.717) is 18.6 Å². The van der Waals surface area contributed by atoms with Crippen molar-refractivity contribution in [3.05, 3.63) is 29.8 Å². The van der Waals surface area contributed by atoms with Gasteiger partial charge in [-0.3, -0.25) is 9.59 Å². The topological polar surface area (TPSA) is 91.2 Å². The van der Waals surface area contributed by atoms with Crippen LogP contribution >= 0.6 is 0 Å². The van der Waals surface area contributed by atoms with Gasteiger partial charge in [0, 0.05) is 5.56 Å². The van der Waals surface area contributed by atoms with Crippen LogP contribution in [-0.4, -0.2) is 31.0 Å². The van der Waals surface area contributed by atoms with E-state index in [-0.39, 0.29) is 24.3 Å². The van der Waals surface area contributed by atoms with Gasteiger partial charge >= 0.3 is 0 Å². The van der Waals surface area contributed by atoms with E-state index in [9.17, 15) is 9.59 Å². The van der Waals surface area contributed by atoms with Crippen molar-refractivity contribution in [3.63, 3.8) is 0 Å². The molecule has 0 bridgehead atoms. The number of rotatable bonds is 10. The zero-order valence-electron chi connectivity index (χ0n) is 15.2. The summed E-state index contributed by atoms with van der Waals surface area (Å²) in [6.45, 7) is 6.61. The van der Waals surface area contributed by atoms with Crippen LogP contribution in [0.2, 0.25) is 0 Å². The van der Waals surface area contributed by atoms with Crippen LogP contribution in [0.3, 0.4) is 0 Å². The number of hydrogen-bond acceptors (Lipinski definition) is 4. The Morgan fingerprint density at radius 2 is 1.92 bits per heavy atom. The molecular formula is C19H27N3O3. The summed E-state index contributed by atoms with van der Waals surface area (Å²) in [7, 11) is 0. The Labute approximate surface area is 149 Å². The molecule has 0 aromatic heterocycles. The Morgan fingerprint density at radius 1 is 1.24 bits per heavy atom. The van der Waals surface area contributed by atoms with Crippen LogP contribution < -0.4 is 15.4 Å². The molecule has 0 saturated carbocycles. The normalized spacial score (nSPS) is 11.5. The van der Waals surface area contributed by atoms with Gasteiger partial charge in [0.05, 0.1) is 12.7 Å². The minimum absolute atomic E-state index is 0.0763. The van der Waals surface area contributed by atoms with Crippen LogP contribution in [0.5, 0.6) is 5.75 Å². The minimum atomic E-state index is -0.665. The molecule has 0 aliphatic rings. The average molecular weight is 345 g/mol. The number of hydrogen-bond donors (Lipinski definition) is 2. The molecule has 2 amide bonds. The van der Waals surface area contributed by atoms with Gasteiger partial charge in [-0.1, -0.05) is 27.2 Å². The second-order valence-corrected chi connectivity index (χ2v) is 6.26. The molecule has 0 aliphatic carbocycles. The number of carbonyl (C=O) groups is 2. The number of amides is 2. The van der Waals surface area contributed by atoms with Gasteiger partial charge in [0.1, 0.15) is 18.3 Å². The van der Waals surface area contributed by atoms with Gasteiger partial charge < -0.3 is 15.4 Å². The second kappa shape index (κ2) is 11.1. The third kappa shape index (κ3) is 7.71. The summed E-state index contributed by atoms with van der Waals surface area (Å²) in [5.41, 5.74) is 0.463. The summed E-state index contributed by atoms with van der Waals surface area (Å²) in [5, 5.41) is 13.8. The summed E-state index contributed by atoms with van der Waals surface area (Å²) in [5.74, 6) is 0.281. The van der Waals surface area contributed by atoms with Crippen LogP contribution in [0.4, 0.5) is 0 Å². The summed E-state index contributed by atoms with van der Waals surface area (Å²) in [6, 6.07) is 8.04. The van der Waals surface area contributed by atoms with Gasteiger partial charge in [0.25, 0.3) is 5.91 Å². The zero-order valence-corrected chi connectivity index (χ0v) is 15.2. The van der Waals surface area contributed by atoms with Crippen molar-refractivity contribution in [2.75, 3.05) is 13.2 Å². The zero-order chi connectivity index (χ0) is 18.7. The van der Waals surface area contributed by atoms with Gasteiger partial charge in [-0.2, -0.15) is 5.26 Å². The van der Waals surface area contributed by atoms with E-state index < -0.39 is 6.04 Å². The summed E-state index contributed by atoms with van der Waals surface area (Å²) in [6.07, 6.45) is 2.55. The Kier molecular flexibility index (Phi) is 9.09. The molecule has 1 unspecified atom stereocenters. The average Bonchev–Trinajstić information content (AvgIpc) is 2.59. The van der Waals surface area contributed by atoms with E-state index in [1.54, 1.807) is 24.3 Å². The maximum atomic E-state index is 12.4. The lowest BCUT2D eigenvalue weighted by atomic mass is 10.0. The lowest BCUT2D eigenvalue weighted by molar-refractivity contribution is -0.123. The van der Waals surface area contributed by atoms with Gasteiger partial charge in [0.15, 0.2) is 0 Å². The molecule has 1 aromatic carbocycles. The SMILES string of the molecule is CCCCOc1ccc(C(=O)NC(CC(C)C)C(=O)NCC#N)cc1. The van der Waals surface area contributed by atoms with Crippen molar-refractivity contribution < 1.29 is 14.3 Å². The predicted molar refractivity (Wildman–Crippen MR) is 96.2 cm³/mol. The third-order valence-corrected chi connectivity index (χ3v) is 3.55. The number of ether oxygens (including phenoxy) is 1. The summed E-state index contributed by atoms with van der Waals surface area (Å²) >= 11 is 0. The molecule has 0 aliphatic heterocycles. The number of unbranched alkanes of at least 4 members (excludes halogenated alkanes) is 1. The van der Waals surface area contributed by atoms with Gasteiger partial charge in [-0.25, -0.2) is 0 Å². The first-order chi connectivity index (χ1) is 12.0. The largest absolute Gasteiger partial charge is 0.494 e. The number of benzene rings is 1. The minimum Gasteiger partial charge on any atom is -0.494 e. The molecule has 1 aromatic rings. The highest BCUT2D eigenvalue weighted by Gasteiger charge is 2.22. The molecule has 0 spiro atoms. The van der Waals surface area contributed by atoms with Gasteiger partial charge in [0.2, 0.25) is 5.91 Å².